The maximum atomic E-state index is 13.3. The van der Waals surface area contributed by atoms with Gasteiger partial charge in [-0.25, -0.2) is 0 Å². The number of methoxy groups -OCH3 is 2. The van der Waals surface area contributed by atoms with Crippen LogP contribution in [0.25, 0.3) is 17.1 Å². The van der Waals surface area contributed by atoms with E-state index in [1.165, 1.54) is 17.3 Å². The van der Waals surface area contributed by atoms with Gasteiger partial charge in [-0.1, -0.05) is 30.0 Å². The van der Waals surface area contributed by atoms with Crippen LogP contribution < -0.4 is 14.4 Å². The summed E-state index contributed by atoms with van der Waals surface area (Å²) >= 11 is 1.39. The number of benzene rings is 3. The maximum Gasteiger partial charge on any atom is 0.237 e. The van der Waals surface area contributed by atoms with Crippen molar-refractivity contribution >= 4 is 23.4 Å². The summed E-state index contributed by atoms with van der Waals surface area (Å²) in [5, 5.41) is 9.59. The largest absolute Gasteiger partial charge is 0.497 e. The van der Waals surface area contributed by atoms with Gasteiger partial charge in [0.05, 0.1) is 20.0 Å². The lowest BCUT2D eigenvalue weighted by Gasteiger charge is -2.22. The molecule has 0 N–H and O–H groups in total. The van der Waals surface area contributed by atoms with Crippen molar-refractivity contribution in [2.24, 2.45) is 0 Å². The number of hydrogen-bond donors (Lipinski definition) is 0. The van der Waals surface area contributed by atoms with E-state index >= 15 is 0 Å². The number of ether oxygens (including phenoxy) is 2. The van der Waals surface area contributed by atoms with Gasteiger partial charge in [0.2, 0.25) is 5.91 Å². The normalized spacial score (nSPS) is 14.6. The Morgan fingerprint density at radius 1 is 0.943 bits per heavy atom. The van der Waals surface area contributed by atoms with Crippen molar-refractivity contribution in [3.05, 3.63) is 78.4 Å². The van der Waals surface area contributed by atoms with Gasteiger partial charge < -0.3 is 14.4 Å². The van der Waals surface area contributed by atoms with Crippen LogP contribution >= 0.6 is 11.8 Å². The molecule has 5 rings (SSSR count). The predicted octanol–water partition coefficient (Wildman–Crippen LogP) is 5.02. The smallest absolute Gasteiger partial charge is 0.237 e. The summed E-state index contributed by atoms with van der Waals surface area (Å²) in [7, 11) is 3.28. The number of aromatic nitrogens is 3. The number of rotatable bonds is 7. The fourth-order valence-corrected chi connectivity index (χ4v) is 5.21. The summed E-state index contributed by atoms with van der Waals surface area (Å²) in [6, 6.07) is 23.6. The zero-order valence-electron chi connectivity index (χ0n) is 19.8. The summed E-state index contributed by atoms with van der Waals surface area (Å²) in [5.41, 5.74) is 3.99. The van der Waals surface area contributed by atoms with E-state index in [1.54, 1.807) is 14.2 Å². The molecule has 0 aliphatic carbocycles. The number of amides is 1. The number of anilines is 1. The molecule has 0 fully saturated rings. The van der Waals surface area contributed by atoms with Crippen LogP contribution in [-0.4, -0.2) is 46.7 Å². The van der Waals surface area contributed by atoms with E-state index in [2.05, 4.69) is 23.2 Å². The summed E-state index contributed by atoms with van der Waals surface area (Å²) in [4.78, 5) is 15.2. The highest BCUT2D eigenvalue weighted by Crippen LogP contribution is 2.34. The highest BCUT2D eigenvalue weighted by Gasteiger charge is 2.30. The standard InChI is InChI=1S/C27H26N4O3S/c1-18-16-20-6-4-5-7-24(20)30(18)25(32)17-35-27-29-28-26(19-8-12-22(33-2)13-9-19)31(27)21-10-14-23(34-3)15-11-21/h4-15,18H,16-17H2,1-3H3/t18-/m0/s1. The Bertz CT molecular complexity index is 1340. The summed E-state index contributed by atoms with van der Waals surface area (Å²) in [6.45, 7) is 2.09. The molecule has 0 bridgehead atoms. The van der Waals surface area contributed by atoms with Gasteiger partial charge in [0, 0.05) is 23.0 Å². The SMILES string of the molecule is COc1ccc(-c2nnc(SCC(=O)N3c4ccccc4C[C@@H]3C)n2-c2ccc(OC)cc2)cc1. The van der Waals surface area contributed by atoms with Crippen LogP contribution in [-0.2, 0) is 11.2 Å². The van der Waals surface area contributed by atoms with Crippen LogP contribution in [0.1, 0.15) is 12.5 Å². The van der Waals surface area contributed by atoms with Gasteiger partial charge in [0.1, 0.15) is 11.5 Å². The number of para-hydroxylation sites is 1. The molecule has 35 heavy (non-hydrogen) atoms. The summed E-state index contributed by atoms with van der Waals surface area (Å²) in [6.07, 6.45) is 0.871. The molecule has 0 saturated heterocycles. The van der Waals surface area contributed by atoms with E-state index in [0.717, 1.165) is 34.9 Å². The van der Waals surface area contributed by atoms with E-state index in [4.69, 9.17) is 9.47 Å². The Morgan fingerprint density at radius 3 is 2.29 bits per heavy atom. The first-order valence-corrected chi connectivity index (χ1v) is 12.3. The second-order valence-electron chi connectivity index (χ2n) is 8.30. The maximum absolute atomic E-state index is 13.3. The minimum absolute atomic E-state index is 0.0581. The van der Waals surface area contributed by atoms with Crippen molar-refractivity contribution in [3.63, 3.8) is 0 Å². The Balaban J connectivity index is 1.45. The minimum atomic E-state index is 0.0581. The van der Waals surface area contributed by atoms with Crippen molar-refractivity contribution in [2.45, 2.75) is 24.5 Å². The van der Waals surface area contributed by atoms with Crippen LogP contribution in [0.4, 0.5) is 5.69 Å². The fourth-order valence-electron chi connectivity index (χ4n) is 4.40. The molecule has 7 nitrogen and oxygen atoms in total. The van der Waals surface area contributed by atoms with Crippen molar-refractivity contribution in [1.29, 1.82) is 0 Å². The topological polar surface area (TPSA) is 69.5 Å². The molecule has 0 spiro atoms. The van der Waals surface area contributed by atoms with Crippen molar-refractivity contribution in [2.75, 3.05) is 24.9 Å². The van der Waals surface area contributed by atoms with E-state index in [1.807, 2.05) is 76.2 Å². The summed E-state index contributed by atoms with van der Waals surface area (Å²) < 4.78 is 12.6. The van der Waals surface area contributed by atoms with Gasteiger partial charge in [0.15, 0.2) is 11.0 Å². The van der Waals surface area contributed by atoms with Crippen LogP contribution in [0.3, 0.4) is 0 Å². The third kappa shape index (κ3) is 4.49. The van der Waals surface area contributed by atoms with Crippen molar-refractivity contribution < 1.29 is 14.3 Å². The Hall–Kier alpha value is -3.78. The highest BCUT2D eigenvalue weighted by molar-refractivity contribution is 7.99. The van der Waals surface area contributed by atoms with Gasteiger partial charge in [-0.05, 0) is 73.5 Å². The van der Waals surface area contributed by atoms with Crippen LogP contribution in [0.2, 0.25) is 0 Å². The summed E-state index contributed by atoms with van der Waals surface area (Å²) in [5.74, 6) is 2.54. The highest BCUT2D eigenvalue weighted by atomic mass is 32.2. The Labute approximate surface area is 208 Å². The van der Waals surface area contributed by atoms with Crippen molar-refractivity contribution in [3.8, 4) is 28.6 Å². The molecule has 3 aromatic carbocycles. The molecule has 1 aliphatic rings. The minimum Gasteiger partial charge on any atom is -0.497 e. The fraction of sp³-hybridized carbons (Fsp3) is 0.222. The molecule has 2 heterocycles. The molecule has 0 saturated carbocycles. The van der Waals surface area contributed by atoms with Crippen LogP contribution in [0, 0.1) is 0 Å². The monoisotopic (exact) mass is 486 g/mol. The molecule has 4 aromatic rings. The quantitative estimate of drug-likeness (QED) is 0.342. The number of fused-ring (bicyclic) bond motifs is 1. The lowest BCUT2D eigenvalue weighted by molar-refractivity contribution is -0.116. The first-order chi connectivity index (χ1) is 17.1. The lowest BCUT2D eigenvalue weighted by Crippen LogP contribution is -2.37. The van der Waals surface area contributed by atoms with Crippen LogP contribution in [0.15, 0.2) is 78.0 Å². The van der Waals surface area contributed by atoms with Gasteiger partial charge >= 0.3 is 0 Å². The van der Waals surface area contributed by atoms with Gasteiger partial charge in [-0.15, -0.1) is 10.2 Å². The first kappa shape index (κ1) is 23.0. The zero-order valence-corrected chi connectivity index (χ0v) is 20.7. The van der Waals surface area contributed by atoms with Crippen LogP contribution in [0.5, 0.6) is 11.5 Å². The molecule has 0 unspecified atom stereocenters. The molecule has 1 aliphatic heterocycles. The van der Waals surface area contributed by atoms with Gasteiger partial charge in [0.25, 0.3) is 0 Å². The van der Waals surface area contributed by atoms with E-state index < -0.39 is 0 Å². The number of nitrogens with zero attached hydrogens (tertiary/aromatic N) is 4. The van der Waals surface area contributed by atoms with Gasteiger partial charge in [-0.3, -0.25) is 9.36 Å². The second-order valence-corrected chi connectivity index (χ2v) is 9.24. The molecule has 8 heteroatoms. The van der Waals surface area contributed by atoms with Gasteiger partial charge in [-0.2, -0.15) is 0 Å². The van der Waals surface area contributed by atoms with E-state index in [-0.39, 0.29) is 17.7 Å². The van der Waals surface area contributed by atoms with Crippen molar-refractivity contribution in [1.82, 2.24) is 14.8 Å². The molecular weight excluding hydrogens is 460 g/mol. The Kier molecular flexibility index (Phi) is 6.46. The molecule has 178 valence electrons. The first-order valence-electron chi connectivity index (χ1n) is 11.4. The number of carbonyl (C=O) groups is 1. The number of thioether (sulfide) groups is 1. The van der Waals surface area contributed by atoms with E-state index in [9.17, 15) is 4.79 Å². The van der Waals surface area contributed by atoms with E-state index in [0.29, 0.717) is 11.0 Å². The molecule has 0 radical (unpaired) electrons. The zero-order chi connectivity index (χ0) is 24.4. The third-order valence-electron chi connectivity index (χ3n) is 6.11. The second kappa shape index (κ2) is 9.84. The lowest BCUT2D eigenvalue weighted by atomic mass is 10.1. The third-order valence-corrected chi connectivity index (χ3v) is 7.03. The Morgan fingerprint density at radius 2 is 1.60 bits per heavy atom. The average molecular weight is 487 g/mol. The number of carbonyl (C=O) groups excluding carboxylic acids is 1. The molecule has 1 amide bonds. The molecular formula is C27H26N4O3S. The molecule has 1 aromatic heterocycles. The number of hydrogen-bond acceptors (Lipinski definition) is 6. The average Bonchev–Trinajstić information content (AvgIpc) is 3.47. The predicted molar refractivity (Wildman–Crippen MR) is 138 cm³/mol. The molecule has 1 atom stereocenters.